The van der Waals surface area contributed by atoms with Crippen LogP contribution in [-0.2, 0) is 16.0 Å². The molecule has 1 aliphatic heterocycles. The molecule has 1 aromatic carbocycles. The van der Waals surface area contributed by atoms with Crippen molar-refractivity contribution in [1.82, 2.24) is 5.01 Å². The van der Waals surface area contributed by atoms with Crippen molar-refractivity contribution in [3.05, 3.63) is 35.9 Å². The maximum absolute atomic E-state index is 11.8. The summed E-state index contributed by atoms with van der Waals surface area (Å²) in [7, 11) is 0. The largest absolute Gasteiger partial charge is 0.466 e. The van der Waals surface area contributed by atoms with Gasteiger partial charge in [-0.25, -0.2) is 5.01 Å². The Morgan fingerprint density at radius 1 is 1.42 bits per heavy atom. The Kier molecular flexibility index (Phi) is 4.93. The molecular formula is C15H22N2O2. The number of piperidine rings is 1. The molecule has 1 fully saturated rings. The molecule has 2 unspecified atom stereocenters. The maximum Gasteiger partial charge on any atom is 0.309 e. The van der Waals surface area contributed by atoms with Crippen LogP contribution < -0.4 is 5.84 Å². The van der Waals surface area contributed by atoms with E-state index in [-0.39, 0.29) is 17.9 Å². The third-order valence-electron chi connectivity index (χ3n) is 3.70. The summed E-state index contributed by atoms with van der Waals surface area (Å²) >= 11 is 0. The first-order valence-electron chi connectivity index (χ1n) is 6.92. The zero-order valence-corrected chi connectivity index (χ0v) is 11.4. The molecule has 2 atom stereocenters. The summed E-state index contributed by atoms with van der Waals surface area (Å²) in [5.74, 6) is 5.96. The number of rotatable bonds is 4. The van der Waals surface area contributed by atoms with Crippen molar-refractivity contribution in [2.45, 2.75) is 32.2 Å². The quantitative estimate of drug-likeness (QED) is 0.663. The van der Waals surface area contributed by atoms with Gasteiger partial charge in [0, 0.05) is 12.6 Å². The number of carbonyl (C=O) groups excluding carboxylic acids is 1. The Labute approximate surface area is 114 Å². The summed E-state index contributed by atoms with van der Waals surface area (Å²) in [6.07, 6.45) is 2.46. The molecule has 1 aromatic rings. The molecule has 0 amide bonds. The van der Waals surface area contributed by atoms with E-state index in [2.05, 4.69) is 12.1 Å². The van der Waals surface area contributed by atoms with Gasteiger partial charge in [0.25, 0.3) is 0 Å². The van der Waals surface area contributed by atoms with Crippen molar-refractivity contribution in [3.63, 3.8) is 0 Å². The number of carbonyl (C=O) groups is 1. The Balaban J connectivity index is 1.97. The summed E-state index contributed by atoms with van der Waals surface area (Å²) in [6.45, 7) is 3.05. The van der Waals surface area contributed by atoms with Crippen LogP contribution in [0, 0.1) is 5.92 Å². The molecule has 0 radical (unpaired) electrons. The molecule has 1 heterocycles. The van der Waals surface area contributed by atoms with Crippen LogP contribution in [-0.4, -0.2) is 30.2 Å². The average molecular weight is 262 g/mol. The van der Waals surface area contributed by atoms with Gasteiger partial charge in [-0.15, -0.1) is 0 Å². The number of hydrogen-bond donors (Lipinski definition) is 1. The molecule has 0 aliphatic carbocycles. The second-order valence-electron chi connectivity index (χ2n) is 5.05. The molecule has 19 heavy (non-hydrogen) atoms. The van der Waals surface area contributed by atoms with E-state index >= 15 is 0 Å². The molecule has 0 aromatic heterocycles. The number of esters is 1. The first-order valence-corrected chi connectivity index (χ1v) is 6.92. The van der Waals surface area contributed by atoms with Crippen molar-refractivity contribution in [3.8, 4) is 0 Å². The third-order valence-corrected chi connectivity index (χ3v) is 3.70. The zero-order valence-electron chi connectivity index (χ0n) is 11.4. The van der Waals surface area contributed by atoms with E-state index in [0.717, 1.165) is 25.8 Å². The molecule has 0 bridgehead atoms. The second kappa shape index (κ2) is 6.68. The van der Waals surface area contributed by atoms with Crippen LogP contribution in [0.25, 0.3) is 0 Å². The first kappa shape index (κ1) is 14.0. The molecule has 1 aliphatic rings. The number of ether oxygens (including phenoxy) is 1. The lowest BCUT2D eigenvalue weighted by atomic mass is 9.88. The summed E-state index contributed by atoms with van der Waals surface area (Å²) in [5, 5.41) is 1.86. The minimum Gasteiger partial charge on any atom is -0.466 e. The van der Waals surface area contributed by atoms with E-state index in [1.807, 2.05) is 30.1 Å². The van der Waals surface area contributed by atoms with Crippen LogP contribution in [0.1, 0.15) is 25.3 Å². The lowest BCUT2D eigenvalue weighted by Gasteiger charge is -2.35. The predicted molar refractivity (Wildman–Crippen MR) is 74.2 cm³/mol. The van der Waals surface area contributed by atoms with Crippen LogP contribution in [0.15, 0.2) is 30.3 Å². The number of hydrazine groups is 1. The molecule has 1 saturated heterocycles. The summed E-state index contributed by atoms with van der Waals surface area (Å²) in [6, 6.07) is 10.5. The first-order chi connectivity index (χ1) is 9.20. The average Bonchev–Trinajstić information content (AvgIpc) is 2.42. The molecule has 4 nitrogen and oxygen atoms in total. The fourth-order valence-electron chi connectivity index (χ4n) is 2.63. The normalized spacial score (nSPS) is 24.1. The Morgan fingerprint density at radius 2 is 2.16 bits per heavy atom. The van der Waals surface area contributed by atoms with E-state index in [0.29, 0.717) is 6.61 Å². The van der Waals surface area contributed by atoms with Crippen LogP contribution in [0.3, 0.4) is 0 Å². The highest BCUT2D eigenvalue weighted by Gasteiger charge is 2.31. The number of hydrogen-bond acceptors (Lipinski definition) is 4. The monoisotopic (exact) mass is 262 g/mol. The predicted octanol–water partition coefficient (Wildman–Crippen LogP) is 1.75. The number of nitrogens with two attached hydrogens (primary N) is 1. The highest BCUT2D eigenvalue weighted by molar-refractivity contribution is 5.72. The molecule has 0 spiro atoms. The number of nitrogens with zero attached hydrogens (tertiary/aromatic N) is 1. The van der Waals surface area contributed by atoms with E-state index in [9.17, 15) is 4.79 Å². The minimum absolute atomic E-state index is 0.00605. The standard InChI is InChI=1S/C15H22N2O2/c1-2-19-15(18)13-8-9-17(16)14(11-13)10-12-6-4-3-5-7-12/h3-7,13-14H,2,8-11,16H2,1H3. The van der Waals surface area contributed by atoms with Gasteiger partial charge in [0.1, 0.15) is 0 Å². The van der Waals surface area contributed by atoms with Gasteiger partial charge in [0.15, 0.2) is 0 Å². The highest BCUT2D eigenvalue weighted by Crippen LogP contribution is 2.24. The van der Waals surface area contributed by atoms with Crippen molar-refractivity contribution >= 4 is 5.97 Å². The van der Waals surface area contributed by atoms with Crippen LogP contribution in [0.5, 0.6) is 0 Å². The smallest absolute Gasteiger partial charge is 0.309 e. The van der Waals surface area contributed by atoms with Gasteiger partial charge in [0.2, 0.25) is 0 Å². The summed E-state index contributed by atoms with van der Waals surface area (Å²) < 4.78 is 5.12. The number of benzene rings is 1. The van der Waals surface area contributed by atoms with E-state index in [1.54, 1.807) is 0 Å². The van der Waals surface area contributed by atoms with Gasteiger partial charge in [0.05, 0.1) is 12.5 Å². The Morgan fingerprint density at radius 3 is 2.84 bits per heavy atom. The zero-order chi connectivity index (χ0) is 13.7. The van der Waals surface area contributed by atoms with Gasteiger partial charge in [-0.2, -0.15) is 0 Å². The fraction of sp³-hybridized carbons (Fsp3) is 0.533. The van der Waals surface area contributed by atoms with E-state index in [4.69, 9.17) is 10.6 Å². The molecule has 104 valence electrons. The third kappa shape index (κ3) is 3.78. The summed E-state index contributed by atoms with van der Waals surface area (Å²) in [5.41, 5.74) is 1.26. The molecule has 2 N–H and O–H groups in total. The highest BCUT2D eigenvalue weighted by atomic mass is 16.5. The van der Waals surface area contributed by atoms with Crippen LogP contribution in [0.2, 0.25) is 0 Å². The Bertz CT molecular complexity index is 408. The van der Waals surface area contributed by atoms with Gasteiger partial charge in [-0.1, -0.05) is 30.3 Å². The molecule has 4 heteroatoms. The second-order valence-corrected chi connectivity index (χ2v) is 5.05. The lowest BCUT2D eigenvalue weighted by molar-refractivity contribution is -0.150. The minimum atomic E-state index is -0.0753. The van der Waals surface area contributed by atoms with Crippen LogP contribution in [0.4, 0.5) is 0 Å². The molecule has 2 rings (SSSR count). The maximum atomic E-state index is 11.8. The van der Waals surface area contributed by atoms with E-state index in [1.165, 1.54) is 5.56 Å². The van der Waals surface area contributed by atoms with Crippen molar-refractivity contribution < 1.29 is 9.53 Å². The fourth-order valence-corrected chi connectivity index (χ4v) is 2.63. The molecular weight excluding hydrogens is 240 g/mol. The SMILES string of the molecule is CCOC(=O)C1CCN(N)C(Cc2ccccc2)C1. The Hall–Kier alpha value is -1.39. The lowest BCUT2D eigenvalue weighted by Crippen LogP contribution is -2.49. The van der Waals surface area contributed by atoms with Crippen molar-refractivity contribution in [1.29, 1.82) is 0 Å². The van der Waals surface area contributed by atoms with Crippen molar-refractivity contribution in [2.75, 3.05) is 13.2 Å². The van der Waals surface area contributed by atoms with Gasteiger partial charge in [-0.3, -0.25) is 10.6 Å². The van der Waals surface area contributed by atoms with Gasteiger partial charge >= 0.3 is 5.97 Å². The summed E-state index contributed by atoms with van der Waals surface area (Å²) in [4.78, 5) is 11.8. The van der Waals surface area contributed by atoms with Crippen LogP contribution >= 0.6 is 0 Å². The van der Waals surface area contributed by atoms with Gasteiger partial charge < -0.3 is 4.74 Å². The van der Waals surface area contributed by atoms with E-state index < -0.39 is 0 Å². The van der Waals surface area contributed by atoms with Crippen molar-refractivity contribution in [2.24, 2.45) is 11.8 Å². The molecule has 0 saturated carbocycles. The topological polar surface area (TPSA) is 55.6 Å². The van der Waals surface area contributed by atoms with Gasteiger partial charge in [-0.05, 0) is 31.7 Å².